The van der Waals surface area contributed by atoms with Crippen molar-refractivity contribution in [2.75, 3.05) is 6.61 Å². The molecule has 0 N–H and O–H groups in total. The molecule has 0 fully saturated rings. The Morgan fingerprint density at radius 1 is 1.07 bits per heavy atom. The zero-order valence-corrected chi connectivity index (χ0v) is 15.1. The number of alkyl halides is 4. The topological polar surface area (TPSA) is 48.7 Å². The smallest absolute Gasteiger partial charge is 0.374 e. The number of esters is 1. The van der Waals surface area contributed by atoms with Crippen molar-refractivity contribution in [3.63, 3.8) is 0 Å². The zero-order chi connectivity index (χ0) is 20.2. The quantitative estimate of drug-likeness (QED) is 0.482. The third-order valence-corrected chi connectivity index (χ3v) is 3.68. The summed E-state index contributed by atoms with van der Waals surface area (Å²) in [5.74, 6) is -5.20. The second kappa shape index (κ2) is 8.02. The first-order valence-corrected chi connectivity index (χ1v) is 8.14. The molecule has 0 aliphatic carbocycles. The molecular weight excluding hydrogens is 368 g/mol. The number of halogens is 4. The van der Waals surface area contributed by atoms with Gasteiger partial charge in [0.05, 0.1) is 0 Å². The van der Waals surface area contributed by atoms with Gasteiger partial charge in [0.2, 0.25) is 5.76 Å². The van der Waals surface area contributed by atoms with Crippen molar-refractivity contribution in [3.05, 3.63) is 53.5 Å². The van der Waals surface area contributed by atoms with E-state index in [-0.39, 0.29) is 23.5 Å². The van der Waals surface area contributed by atoms with Crippen LogP contribution in [0.4, 0.5) is 17.6 Å². The maximum absolute atomic E-state index is 12.8. The van der Waals surface area contributed by atoms with E-state index in [1.807, 2.05) is 12.1 Å². The molecule has 0 aliphatic heterocycles. The van der Waals surface area contributed by atoms with Crippen LogP contribution in [0.25, 0.3) is 0 Å². The highest BCUT2D eigenvalue weighted by Gasteiger charge is 2.42. The highest BCUT2D eigenvalue weighted by molar-refractivity contribution is 5.86. The van der Waals surface area contributed by atoms with E-state index < -0.39 is 24.9 Å². The molecule has 0 radical (unpaired) electrons. The molecule has 2 aromatic rings. The Balaban J connectivity index is 1.89. The molecule has 0 spiro atoms. The van der Waals surface area contributed by atoms with E-state index in [9.17, 15) is 22.4 Å². The van der Waals surface area contributed by atoms with E-state index in [1.54, 1.807) is 12.1 Å². The predicted octanol–water partition coefficient (Wildman–Crippen LogP) is 5.21. The van der Waals surface area contributed by atoms with E-state index in [2.05, 4.69) is 25.5 Å². The first-order chi connectivity index (χ1) is 12.5. The van der Waals surface area contributed by atoms with Crippen LogP contribution in [-0.4, -0.2) is 24.9 Å². The number of ether oxygens (including phenoxy) is 2. The number of furan rings is 1. The van der Waals surface area contributed by atoms with Gasteiger partial charge in [-0.3, -0.25) is 0 Å². The molecule has 148 valence electrons. The molecule has 0 aliphatic rings. The molecule has 8 heteroatoms. The predicted molar refractivity (Wildman–Crippen MR) is 89.4 cm³/mol. The molecule has 1 aromatic heterocycles. The van der Waals surface area contributed by atoms with Gasteiger partial charge in [-0.05, 0) is 35.2 Å². The van der Waals surface area contributed by atoms with Crippen LogP contribution in [0.1, 0.15) is 42.6 Å². The van der Waals surface area contributed by atoms with Crippen LogP contribution in [0.5, 0.6) is 5.75 Å². The van der Waals surface area contributed by atoms with Gasteiger partial charge in [0, 0.05) is 0 Å². The number of rotatable bonds is 7. The molecule has 0 amide bonds. The molecule has 1 heterocycles. The van der Waals surface area contributed by atoms with Crippen molar-refractivity contribution in [3.8, 4) is 5.75 Å². The Bertz CT molecular complexity index is 761. The monoisotopic (exact) mass is 388 g/mol. The van der Waals surface area contributed by atoms with Crippen molar-refractivity contribution in [1.29, 1.82) is 0 Å². The number of hydrogen-bond acceptors (Lipinski definition) is 4. The molecule has 0 unspecified atom stereocenters. The molecule has 0 saturated heterocycles. The maximum Gasteiger partial charge on any atom is 0.374 e. The summed E-state index contributed by atoms with van der Waals surface area (Å²) in [6.45, 7) is 4.53. The summed E-state index contributed by atoms with van der Waals surface area (Å²) in [4.78, 5) is 11.6. The van der Waals surface area contributed by atoms with Gasteiger partial charge in [-0.15, -0.1) is 0 Å². The van der Waals surface area contributed by atoms with Crippen LogP contribution in [0.2, 0.25) is 0 Å². The Morgan fingerprint density at radius 3 is 2.26 bits per heavy atom. The Morgan fingerprint density at radius 2 is 1.70 bits per heavy atom. The maximum atomic E-state index is 12.8. The fraction of sp³-hybridized carbons (Fsp3) is 0.421. The van der Waals surface area contributed by atoms with Crippen molar-refractivity contribution in [1.82, 2.24) is 0 Å². The first kappa shape index (κ1) is 20.8. The van der Waals surface area contributed by atoms with Gasteiger partial charge in [0.15, 0.2) is 6.61 Å². The average Bonchev–Trinajstić information content (AvgIpc) is 3.06. The van der Waals surface area contributed by atoms with Crippen molar-refractivity contribution >= 4 is 5.97 Å². The minimum Gasteiger partial charge on any atom is -0.486 e. The number of hydrogen-bond donors (Lipinski definition) is 0. The lowest BCUT2D eigenvalue weighted by molar-refractivity contribution is -0.155. The van der Waals surface area contributed by atoms with Crippen LogP contribution < -0.4 is 4.74 Å². The van der Waals surface area contributed by atoms with Gasteiger partial charge in [-0.1, -0.05) is 32.9 Å². The summed E-state index contributed by atoms with van der Waals surface area (Å²) in [6.07, 6.45) is -3.92. The summed E-state index contributed by atoms with van der Waals surface area (Å²) in [7, 11) is 0. The van der Waals surface area contributed by atoms with E-state index >= 15 is 0 Å². The molecule has 0 atom stereocenters. The lowest BCUT2D eigenvalue weighted by atomic mass is 9.87. The number of carbonyl (C=O) groups excluding carboxylic acids is 1. The van der Waals surface area contributed by atoms with E-state index in [1.165, 1.54) is 12.1 Å². The molecular formula is C19H20F4O4. The Kier molecular flexibility index (Phi) is 6.18. The average molecular weight is 388 g/mol. The van der Waals surface area contributed by atoms with E-state index in [4.69, 9.17) is 9.15 Å². The Labute approximate surface area is 154 Å². The van der Waals surface area contributed by atoms with Gasteiger partial charge >= 0.3 is 18.3 Å². The lowest BCUT2D eigenvalue weighted by Crippen LogP contribution is -2.33. The van der Waals surface area contributed by atoms with Crippen LogP contribution in [0.3, 0.4) is 0 Å². The highest BCUT2D eigenvalue weighted by atomic mass is 19.3. The fourth-order valence-electron chi connectivity index (χ4n) is 2.07. The minimum atomic E-state index is -4.41. The van der Waals surface area contributed by atoms with E-state index in [0.717, 1.165) is 5.56 Å². The summed E-state index contributed by atoms with van der Waals surface area (Å²) in [6, 6.07) is 10.1. The summed E-state index contributed by atoms with van der Waals surface area (Å²) < 4.78 is 64.4. The summed E-state index contributed by atoms with van der Waals surface area (Å²) in [5.41, 5.74) is 1.15. The summed E-state index contributed by atoms with van der Waals surface area (Å²) in [5, 5.41) is 0. The van der Waals surface area contributed by atoms with Crippen LogP contribution in [-0.2, 0) is 16.8 Å². The van der Waals surface area contributed by atoms with Crippen molar-refractivity contribution < 1.29 is 36.2 Å². The van der Waals surface area contributed by atoms with Gasteiger partial charge in [-0.25, -0.2) is 13.6 Å². The second-order valence-corrected chi connectivity index (χ2v) is 6.97. The molecule has 0 bridgehead atoms. The molecule has 0 saturated carbocycles. The van der Waals surface area contributed by atoms with Crippen molar-refractivity contribution in [2.24, 2.45) is 0 Å². The third-order valence-electron chi connectivity index (χ3n) is 3.68. The van der Waals surface area contributed by atoms with E-state index in [0.29, 0.717) is 5.75 Å². The minimum absolute atomic E-state index is 0.00462. The number of carbonyl (C=O) groups is 1. The fourth-order valence-corrected chi connectivity index (χ4v) is 2.07. The molecule has 2 rings (SSSR count). The zero-order valence-electron chi connectivity index (χ0n) is 15.1. The van der Waals surface area contributed by atoms with Gasteiger partial charge in [0.25, 0.3) is 0 Å². The van der Waals surface area contributed by atoms with Crippen LogP contribution in [0.15, 0.2) is 40.8 Å². The standard InChI is InChI=1S/C19H20F4O4/c1-18(2,3)12-4-6-13(7-5-12)25-10-14-8-9-15(27-14)16(24)26-11-19(22,23)17(20)21/h4-9,17H,10-11H2,1-3H3. The lowest BCUT2D eigenvalue weighted by Gasteiger charge is -2.19. The van der Waals surface area contributed by atoms with Crippen LogP contribution >= 0.6 is 0 Å². The number of benzene rings is 1. The normalized spacial score (nSPS) is 12.3. The highest BCUT2D eigenvalue weighted by Crippen LogP contribution is 2.25. The molecule has 4 nitrogen and oxygen atoms in total. The van der Waals surface area contributed by atoms with Gasteiger partial charge < -0.3 is 13.9 Å². The van der Waals surface area contributed by atoms with Crippen molar-refractivity contribution in [2.45, 2.75) is 45.1 Å². The molecule has 1 aromatic carbocycles. The first-order valence-electron chi connectivity index (χ1n) is 8.14. The SMILES string of the molecule is CC(C)(C)c1ccc(OCc2ccc(C(=O)OCC(F)(F)C(F)F)o2)cc1. The van der Waals surface area contributed by atoms with Gasteiger partial charge in [0.1, 0.15) is 18.1 Å². The summed E-state index contributed by atoms with van der Waals surface area (Å²) >= 11 is 0. The Hall–Kier alpha value is -2.51. The van der Waals surface area contributed by atoms with Gasteiger partial charge in [-0.2, -0.15) is 8.78 Å². The largest absolute Gasteiger partial charge is 0.486 e. The second-order valence-electron chi connectivity index (χ2n) is 6.97. The third kappa shape index (κ3) is 5.74. The molecule has 27 heavy (non-hydrogen) atoms. The van der Waals surface area contributed by atoms with Crippen LogP contribution in [0, 0.1) is 0 Å².